The van der Waals surface area contributed by atoms with Crippen LogP contribution in [0.25, 0.3) is 0 Å². The predicted molar refractivity (Wildman–Crippen MR) is 64.3 cm³/mol. The lowest BCUT2D eigenvalue weighted by Gasteiger charge is -2.12. The summed E-state index contributed by atoms with van der Waals surface area (Å²) in [4.78, 5) is 2.52. The minimum absolute atomic E-state index is 0.236. The van der Waals surface area contributed by atoms with Crippen LogP contribution in [0, 0.1) is 6.92 Å². The van der Waals surface area contributed by atoms with E-state index in [2.05, 4.69) is 4.90 Å². The van der Waals surface area contributed by atoms with E-state index in [9.17, 15) is 8.42 Å². The third-order valence-electron chi connectivity index (χ3n) is 3.14. The van der Waals surface area contributed by atoms with Gasteiger partial charge in [-0.25, -0.2) is 8.42 Å². The number of likely N-dealkylation sites (tertiary alicyclic amines) is 1. The van der Waals surface area contributed by atoms with E-state index in [0.29, 0.717) is 11.4 Å². The van der Waals surface area contributed by atoms with Crippen molar-refractivity contribution < 1.29 is 8.42 Å². The second kappa shape index (κ2) is 4.18. The predicted octanol–water partition coefficient (Wildman–Crippen LogP) is 1.47. The number of aryl methyl sites for hydroxylation is 1. The van der Waals surface area contributed by atoms with Gasteiger partial charge in [0, 0.05) is 6.54 Å². The maximum atomic E-state index is 12.3. The van der Waals surface area contributed by atoms with E-state index in [1.54, 1.807) is 12.1 Å². The monoisotopic (exact) mass is 239 g/mol. The Balaban J connectivity index is 2.29. The van der Waals surface area contributed by atoms with Gasteiger partial charge in [0.25, 0.3) is 0 Å². The Bertz CT molecular complexity index is 464. The third-order valence-corrected chi connectivity index (χ3v) is 5.33. The molecular formula is C12H17NO2S. The summed E-state index contributed by atoms with van der Waals surface area (Å²) in [6.07, 6.45) is 0.743. The van der Waals surface area contributed by atoms with E-state index in [-0.39, 0.29) is 5.25 Å². The Kier molecular flexibility index (Phi) is 3.04. The fourth-order valence-corrected chi connectivity index (χ4v) is 3.84. The van der Waals surface area contributed by atoms with Crippen molar-refractivity contribution in [1.29, 1.82) is 0 Å². The Hall–Kier alpha value is -0.870. The number of hydrogen-bond donors (Lipinski definition) is 0. The fourth-order valence-electron chi connectivity index (χ4n) is 2.07. The minimum Gasteiger partial charge on any atom is -0.305 e. The zero-order chi connectivity index (χ0) is 11.8. The lowest BCUT2D eigenvalue weighted by molar-refractivity contribution is 0.417. The summed E-state index contributed by atoms with van der Waals surface area (Å²) in [5, 5.41) is -0.236. The molecule has 0 N–H and O–H groups in total. The van der Waals surface area contributed by atoms with E-state index < -0.39 is 9.84 Å². The Morgan fingerprint density at radius 1 is 1.25 bits per heavy atom. The maximum absolute atomic E-state index is 12.3. The van der Waals surface area contributed by atoms with Gasteiger partial charge in [-0.05, 0) is 39.1 Å². The van der Waals surface area contributed by atoms with Crippen molar-refractivity contribution in [3.63, 3.8) is 0 Å². The second-order valence-corrected chi connectivity index (χ2v) is 6.76. The first-order chi connectivity index (χ1) is 7.50. The van der Waals surface area contributed by atoms with E-state index in [0.717, 1.165) is 18.5 Å². The summed E-state index contributed by atoms with van der Waals surface area (Å²) >= 11 is 0. The molecule has 0 bridgehead atoms. The molecule has 1 aromatic rings. The van der Waals surface area contributed by atoms with Crippen LogP contribution >= 0.6 is 0 Å². The van der Waals surface area contributed by atoms with E-state index in [1.165, 1.54) is 0 Å². The molecule has 0 spiro atoms. The van der Waals surface area contributed by atoms with Gasteiger partial charge in [0.05, 0.1) is 10.1 Å². The molecular weight excluding hydrogens is 222 g/mol. The van der Waals surface area contributed by atoms with Gasteiger partial charge >= 0.3 is 0 Å². The zero-order valence-electron chi connectivity index (χ0n) is 9.68. The number of nitrogens with zero attached hydrogens (tertiary/aromatic N) is 1. The van der Waals surface area contributed by atoms with Gasteiger partial charge in [0.15, 0.2) is 9.84 Å². The molecule has 4 heteroatoms. The Morgan fingerprint density at radius 2 is 1.88 bits per heavy atom. The largest absolute Gasteiger partial charge is 0.305 e. The van der Waals surface area contributed by atoms with E-state index in [1.807, 2.05) is 26.1 Å². The third kappa shape index (κ3) is 2.13. The van der Waals surface area contributed by atoms with E-state index >= 15 is 0 Å². The molecule has 1 heterocycles. The van der Waals surface area contributed by atoms with Crippen molar-refractivity contribution >= 4 is 9.84 Å². The lowest BCUT2D eigenvalue weighted by Crippen LogP contribution is -2.25. The van der Waals surface area contributed by atoms with Gasteiger partial charge in [0.1, 0.15) is 0 Å². The summed E-state index contributed by atoms with van der Waals surface area (Å²) < 4.78 is 24.5. The summed E-state index contributed by atoms with van der Waals surface area (Å²) in [7, 11) is -1.17. The van der Waals surface area contributed by atoms with Crippen LogP contribution in [0.3, 0.4) is 0 Å². The first-order valence-electron chi connectivity index (χ1n) is 5.49. The molecule has 3 nitrogen and oxygen atoms in total. The molecule has 88 valence electrons. The quantitative estimate of drug-likeness (QED) is 0.784. The minimum atomic E-state index is -3.13. The molecule has 2 rings (SSSR count). The number of benzene rings is 1. The second-order valence-electron chi connectivity index (χ2n) is 4.53. The van der Waals surface area contributed by atoms with Gasteiger partial charge in [-0.15, -0.1) is 0 Å². The highest BCUT2D eigenvalue weighted by atomic mass is 32.2. The molecule has 0 amide bonds. The van der Waals surface area contributed by atoms with Crippen molar-refractivity contribution in [3.05, 3.63) is 29.8 Å². The van der Waals surface area contributed by atoms with Gasteiger partial charge < -0.3 is 4.90 Å². The highest BCUT2D eigenvalue weighted by molar-refractivity contribution is 7.92. The Morgan fingerprint density at radius 3 is 2.38 bits per heavy atom. The van der Waals surface area contributed by atoms with Crippen molar-refractivity contribution in [1.82, 2.24) is 4.90 Å². The SMILES string of the molecule is Cc1ccc(S(=O)(=O)C2CCN(C)C2)cc1. The summed E-state index contributed by atoms with van der Waals surface area (Å²) in [6, 6.07) is 7.13. The first kappa shape index (κ1) is 11.6. The van der Waals surface area contributed by atoms with Crippen LogP contribution in [0.5, 0.6) is 0 Å². The van der Waals surface area contributed by atoms with Crippen LogP contribution in [0.15, 0.2) is 29.2 Å². The molecule has 1 aromatic carbocycles. The summed E-state index contributed by atoms with van der Waals surface area (Å²) in [5.41, 5.74) is 1.09. The summed E-state index contributed by atoms with van der Waals surface area (Å²) in [6.45, 7) is 3.48. The fraction of sp³-hybridized carbons (Fsp3) is 0.500. The standard InChI is InChI=1S/C12H17NO2S/c1-10-3-5-11(6-4-10)16(14,15)12-7-8-13(2)9-12/h3-6,12H,7-9H2,1-2H3. The molecule has 0 aliphatic carbocycles. The average molecular weight is 239 g/mol. The van der Waals surface area contributed by atoms with Gasteiger partial charge in [-0.3, -0.25) is 0 Å². The number of rotatable bonds is 2. The van der Waals surface area contributed by atoms with Crippen LogP contribution in [0.4, 0.5) is 0 Å². The van der Waals surface area contributed by atoms with Gasteiger partial charge in [-0.2, -0.15) is 0 Å². The lowest BCUT2D eigenvalue weighted by atomic mass is 10.2. The smallest absolute Gasteiger partial charge is 0.182 e. The zero-order valence-corrected chi connectivity index (χ0v) is 10.5. The van der Waals surface area contributed by atoms with Crippen LogP contribution < -0.4 is 0 Å². The highest BCUT2D eigenvalue weighted by Crippen LogP contribution is 2.23. The van der Waals surface area contributed by atoms with E-state index in [4.69, 9.17) is 0 Å². The van der Waals surface area contributed by atoms with Crippen LogP contribution in [0.2, 0.25) is 0 Å². The Labute approximate surface area is 97.0 Å². The summed E-state index contributed by atoms with van der Waals surface area (Å²) in [5.74, 6) is 0. The molecule has 0 radical (unpaired) electrons. The maximum Gasteiger partial charge on any atom is 0.182 e. The van der Waals surface area contributed by atoms with Crippen LogP contribution in [-0.4, -0.2) is 38.7 Å². The molecule has 0 saturated carbocycles. The molecule has 16 heavy (non-hydrogen) atoms. The molecule has 1 fully saturated rings. The highest BCUT2D eigenvalue weighted by Gasteiger charge is 2.32. The first-order valence-corrected chi connectivity index (χ1v) is 7.04. The van der Waals surface area contributed by atoms with Crippen molar-refractivity contribution in [2.24, 2.45) is 0 Å². The molecule has 1 aliphatic rings. The van der Waals surface area contributed by atoms with Crippen LogP contribution in [-0.2, 0) is 9.84 Å². The van der Waals surface area contributed by atoms with Crippen molar-refractivity contribution in [3.8, 4) is 0 Å². The van der Waals surface area contributed by atoms with Crippen molar-refractivity contribution in [2.45, 2.75) is 23.5 Å². The molecule has 1 unspecified atom stereocenters. The normalized spacial score (nSPS) is 22.5. The molecule has 1 atom stereocenters. The van der Waals surface area contributed by atoms with Gasteiger partial charge in [0.2, 0.25) is 0 Å². The molecule has 0 aromatic heterocycles. The number of sulfone groups is 1. The topological polar surface area (TPSA) is 37.4 Å². The average Bonchev–Trinajstić information content (AvgIpc) is 2.66. The van der Waals surface area contributed by atoms with Crippen molar-refractivity contribution in [2.75, 3.05) is 20.1 Å². The van der Waals surface area contributed by atoms with Gasteiger partial charge in [-0.1, -0.05) is 17.7 Å². The molecule has 1 saturated heterocycles. The number of hydrogen-bond acceptors (Lipinski definition) is 3. The molecule has 1 aliphatic heterocycles. The van der Waals surface area contributed by atoms with Crippen LogP contribution in [0.1, 0.15) is 12.0 Å².